The Bertz CT molecular complexity index is 386. The molecule has 2 aliphatic heterocycles. The van der Waals surface area contributed by atoms with E-state index >= 15 is 0 Å². The van der Waals surface area contributed by atoms with E-state index in [1.165, 1.54) is 43.7 Å². The predicted molar refractivity (Wildman–Crippen MR) is 68.0 cm³/mol. The van der Waals surface area contributed by atoms with Gasteiger partial charge in [-0.15, -0.1) is 0 Å². The van der Waals surface area contributed by atoms with Crippen molar-refractivity contribution in [3.63, 3.8) is 0 Å². The summed E-state index contributed by atoms with van der Waals surface area (Å²) in [5, 5.41) is 3.53. The summed E-state index contributed by atoms with van der Waals surface area (Å²) in [7, 11) is 0. The van der Waals surface area contributed by atoms with Gasteiger partial charge in [0.15, 0.2) is 0 Å². The van der Waals surface area contributed by atoms with Crippen molar-refractivity contribution in [3.05, 3.63) is 29.3 Å². The van der Waals surface area contributed by atoms with Crippen LogP contribution in [0, 0.1) is 0 Å². The standard InChI is InChI=1S/C14H20N2/c1-2-7-16-8-6-12-10-15-9-11-4-3-5-13(16)14(11)12/h3-5,12,15H,2,6-10H2,1H3. The zero-order chi connectivity index (χ0) is 11.0. The highest BCUT2D eigenvalue weighted by atomic mass is 15.1. The smallest absolute Gasteiger partial charge is 0.0405 e. The van der Waals surface area contributed by atoms with Crippen LogP contribution in [0.2, 0.25) is 0 Å². The van der Waals surface area contributed by atoms with Gasteiger partial charge in [-0.3, -0.25) is 0 Å². The highest BCUT2D eigenvalue weighted by Crippen LogP contribution is 2.39. The van der Waals surface area contributed by atoms with Crippen molar-refractivity contribution >= 4 is 5.69 Å². The highest BCUT2D eigenvalue weighted by Gasteiger charge is 2.28. The summed E-state index contributed by atoms with van der Waals surface area (Å²) in [6.45, 7) is 6.93. The third-order valence-electron chi connectivity index (χ3n) is 3.87. The van der Waals surface area contributed by atoms with Gasteiger partial charge in [0.05, 0.1) is 0 Å². The molecule has 3 rings (SSSR count). The molecule has 0 aliphatic carbocycles. The molecule has 16 heavy (non-hydrogen) atoms. The average Bonchev–Trinajstić information content (AvgIpc) is 2.33. The van der Waals surface area contributed by atoms with Crippen LogP contribution in [0.15, 0.2) is 18.2 Å². The first kappa shape index (κ1) is 10.2. The monoisotopic (exact) mass is 216 g/mol. The van der Waals surface area contributed by atoms with Crippen LogP contribution in [0.1, 0.15) is 36.8 Å². The van der Waals surface area contributed by atoms with E-state index in [0.717, 1.165) is 12.5 Å². The number of nitrogens with zero attached hydrogens (tertiary/aromatic N) is 1. The van der Waals surface area contributed by atoms with Crippen LogP contribution in [-0.2, 0) is 6.54 Å². The van der Waals surface area contributed by atoms with Crippen molar-refractivity contribution in [2.45, 2.75) is 32.2 Å². The van der Waals surface area contributed by atoms with Crippen LogP contribution in [0.4, 0.5) is 5.69 Å². The summed E-state index contributed by atoms with van der Waals surface area (Å²) < 4.78 is 0. The third-order valence-corrected chi connectivity index (χ3v) is 3.87. The lowest BCUT2D eigenvalue weighted by molar-refractivity contribution is 0.490. The molecule has 0 saturated carbocycles. The van der Waals surface area contributed by atoms with Gasteiger partial charge in [0.2, 0.25) is 0 Å². The van der Waals surface area contributed by atoms with Gasteiger partial charge in [-0.2, -0.15) is 0 Å². The number of benzene rings is 1. The average molecular weight is 216 g/mol. The Labute approximate surface area is 97.6 Å². The maximum absolute atomic E-state index is 3.53. The van der Waals surface area contributed by atoms with E-state index in [2.05, 4.69) is 35.3 Å². The fourth-order valence-electron chi connectivity index (χ4n) is 3.16. The Hall–Kier alpha value is -1.02. The summed E-state index contributed by atoms with van der Waals surface area (Å²) in [6.07, 6.45) is 2.56. The summed E-state index contributed by atoms with van der Waals surface area (Å²) in [5.74, 6) is 0.757. The number of rotatable bonds is 2. The molecule has 0 radical (unpaired) electrons. The lowest BCUT2D eigenvalue weighted by Gasteiger charge is -2.39. The molecule has 0 aromatic heterocycles. The van der Waals surface area contributed by atoms with Crippen molar-refractivity contribution in [1.29, 1.82) is 0 Å². The van der Waals surface area contributed by atoms with Crippen LogP contribution < -0.4 is 10.2 Å². The summed E-state index contributed by atoms with van der Waals surface area (Å²) in [4.78, 5) is 2.57. The number of hydrogen-bond acceptors (Lipinski definition) is 2. The van der Waals surface area contributed by atoms with Crippen LogP contribution in [0.3, 0.4) is 0 Å². The third kappa shape index (κ3) is 1.52. The van der Waals surface area contributed by atoms with Crippen LogP contribution in [0.25, 0.3) is 0 Å². The van der Waals surface area contributed by atoms with Crippen molar-refractivity contribution in [1.82, 2.24) is 5.32 Å². The maximum atomic E-state index is 3.53. The summed E-state index contributed by atoms with van der Waals surface area (Å²) in [5.41, 5.74) is 4.67. The first-order valence-electron chi connectivity index (χ1n) is 6.47. The minimum atomic E-state index is 0.757. The second kappa shape index (κ2) is 4.10. The zero-order valence-electron chi connectivity index (χ0n) is 10.00. The highest BCUT2D eigenvalue weighted by molar-refractivity contribution is 5.61. The predicted octanol–water partition coefficient (Wildman–Crippen LogP) is 2.49. The molecule has 1 unspecified atom stereocenters. The van der Waals surface area contributed by atoms with Crippen molar-refractivity contribution < 1.29 is 0 Å². The van der Waals surface area contributed by atoms with Gasteiger partial charge < -0.3 is 10.2 Å². The van der Waals surface area contributed by atoms with Gasteiger partial charge in [-0.25, -0.2) is 0 Å². The van der Waals surface area contributed by atoms with Crippen LogP contribution in [-0.4, -0.2) is 19.6 Å². The SMILES string of the molecule is CCCN1CCC2CNCc3cccc1c32. The molecule has 1 aromatic rings. The van der Waals surface area contributed by atoms with E-state index in [4.69, 9.17) is 0 Å². The minimum absolute atomic E-state index is 0.757. The molecule has 0 saturated heterocycles. The van der Waals surface area contributed by atoms with Crippen LogP contribution >= 0.6 is 0 Å². The number of hydrogen-bond donors (Lipinski definition) is 1. The maximum Gasteiger partial charge on any atom is 0.0405 e. The van der Waals surface area contributed by atoms with E-state index < -0.39 is 0 Å². The van der Waals surface area contributed by atoms with Crippen LogP contribution in [0.5, 0.6) is 0 Å². The second-order valence-electron chi connectivity index (χ2n) is 4.95. The molecule has 0 amide bonds. The Morgan fingerprint density at radius 3 is 3.25 bits per heavy atom. The molecule has 0 bridgehead atoms. The molecule has 2 heterocycles. The molecule has 1 aromatic carbocycles. The van der Waals surface area contributed by atoms with E-state index in [-0.39, 0.29) is 0 Å². The first-order chi connectivity index (χ1) is 7.90. The van der Waals surface area contributed by atoms with E-state index in [1.54, 1.807) is 5.56 Å². The molecule has 1 atom stereocenters. The first-order valence-corrected chi connectivity index (χ1v) is 6.47. The second-order valence-corrected chi connectivity index (χ2v) is 4.95. The number of anilines is 1. The van der Waals surface area contributed by atoms with Gasteiger partial charge in [-0.05, 0) is 30.0 Å². The molecule has 2 heteroatoms. The van der Waals surface area contributed by atoms with Crippen molar-refractivity contribution in [3.8, 4) is 0 Å². The lowest BCUT2D eigenvalue weighted by atomic mass is 9.84. The Morgan fingerprint density at radius 2 is 2.38 bits per heavy atom. The van der Waals surface area contributed by atoms with Gasteiger partial charge >= 0.3 is 0 Å². The van der Waals surface area contributed by atoms with Crippen molar-refractivity contribution in [2.75, 3.05) is 24.5 Å². The summed E-state index contributed by atoms with van der Waals surface area (Å²) in [6, 6.07) is 6.81. The normalized spacial score (nSPS) is 23.1. The van der Waals surface area contributed by atoms with Gasteiger partial charge in [0, 0.05) is 37.8 Å². The molecule has 0 spiro atoms. The fourth-order valence-corrected chi connectivity index (χ4v) is 3.16. The Balaban J connectivity index is 2.04. The quantitative estimate of drug-likeness (QED) is 0.817. The fraction of sp³-hybridized carbons (Fsp3) is 0.571. The molecule has 2 nitrogen and oxygen atoms in total. The van der Waals surface area contributed by atoms with Gasteiger partial charge in [0.1, 0.15) is 0 Å². The van der Waals surface area contributed by atoms with Gasteiger partial charge in [0.25, 0.3) is 0 Å². The minimum Gasteiger partial charge on any atom is -0.371 e. The Morgan fingerprint density at radius 1 is 1.44 bits per heavy atom. The topological polar surface area (TPSA) is 15.3 Å². The molecular formula is C14H20N2. The zero-order valence-corrected chi connectivity index (χ0v) is 10.00. The Kier molecular flexibility index (Phi) is 2.60. The largest absolute Gasteiger partial charge is 0.371 e. The van der Waals surface area contributed by atoms with E-state index in [9.17, 15) is 0 Å². The van der Waals surface area contributed by atoms with E-state index in [0.29, 0.717) is 0 Å². The molecular weight excluding hydrogens is 196 g/mol. The number of nitrogens with one attached hydrogen (secondary N) is 1. The van der Waals surface area contributed by atoms with Gasteiger partial charge in [-0.1, -0.05) is 19.1 Å². The summed E-state index contributed by atoms with van der Waals surface area (Å²) >= 11 is 0. The molecule has 2 aliphatic rings. The molecule has 0 fully saturated rings. The molecule has 86 valence electrons. The lowest BCUT2D eigenvalue weighted by Crippen LogP contribution is -2.38. The van der Waals surface area contributed by atoms with Crippen molar-refractivity contribution in [2.24, 2.45) is 0 Å². The van der Waals surface area contributed by atoms with E-state index in [1.807, 2.05) is 0 Å². The molecule has 1 N–H and O–H groups in total.